The molecule has 4 rings (SSSR count). The predicted molar refractivity (Wildman–Crippen MR) is 89.1 cm³/mol. The summed E-state index contributed by atoms with van der Waals surface area (Å²) in [6.45, 7) is 0.497. The average Bonchev–Trinajstić information content (AvgIpc) is 3.02. The minimum Gasteiger partial charge on any atom is -0.365 e. The van der Waals surface area contributed by atoms with Gasteiger partial charge in [-0.2, -0.15) is 0 Å². The van der Waals surface area contributed by atoms with E-state index in [2.05, 4.69) is 25.6 Å². The minimum absolute atomic E-state index is 0.247. The first kappa shape index (κ1) is 15.0. The summed E-state index contributed by atoms with van der Waals surface area (Å²) in [5.41, 5.74) is 2.32. The van der Waals surface area contributed by atoms with Crippen LogP contribution in [0.2, 0.25) is 0 Å². The third-order valence-electron chi connectivity index (χ3n) is 4.49. The quantitative estimate of drug-likeness (QED) is 0.797. The van der Waals surface area contributed by atoms with Crippen LogP contribution in [0.3, 0.4) is 0 Å². The molecule has 7 heteroatoms. The molecule has 1 fully saturated rings. The van der Waals surface area contributed by atoms with Crippen molar-refractivity contribution in [3.63, 3.8) is 0 Å². The van der Waals surface area contributed by atoms with Crippen LogP contribution < -0.4 is 5.32 Å². The van der Waals surface area contributed by atoms with Crippen molar-refractivity contribution in [1.29, 1.82) is 0 Å². The lowest BCUT2D eigenvalue weighted by Gasteiger charge is -2.23. The molecule has 0 amide bonds. The van der Waals surface area contributed by atoms with Gasteiger partial charge in [-0.15, -0.1) is 5.10 Å². The Bertz CT molecular complexity index is 823. The molecule has 0 radical (unpaired) electrons. The molecule has 1 aromatic carbocycles. The predicted octanol–water partition coefficient (Wildman–Crippen LogP) is 3.15. The molecule has 0 bridgehead atoms. The Hall–Kier alpha value is -2.57. The van der Waals surface area contributed by atoms with E-state index in [0.29, 0.717) is 23.8 Å². The van der Waals surface area contributed by atoms with E-state index in [0.717, 1.165) is 24.2 Å². The average molecular weight is 326 g/mol. The van der Waals surface area contributed by atoms with E-state index in [4.69, 9.17) is 0 Å². The molecule has 6 nitrogen and oxygen atoms in total. The zero-order chi connectivity index (χ0) is 16.4. The van der Waals surface area contributed by atoms with Crippen molar-refractivity contribution in [3.05, 3.63) is 42.0 Å². The van der Waals surface area contributed by atoms with E-state index >= 15 is 0 Å². The van der Waals surface area contributed by atoms with Crippen LogP contribution in [0.4, 0.5) is 10.2 Å². The van der Waals surface area contributed by atoms with Crippen molar-refractivity contribution >= 4 is 17.0 Å². The Morgan fingerprint density at radius 2 is 1.88 bits per heavy atom. The van der Waals surface area contributed by atoms with Gasteiger partial charge in [-0.25, -0.2) is 19.0 Å². The molecule has 0 unspecified atom stereocenters. The van der Waals surface area contributed by atoms with Crippen molar-refractivity contribution < 1.29 is 4.39 Å². The highest BCUT2D eigenvalue weighted by Gasteiger charge is 2.17. The third-order valence-corrected chi connectivity index (χ3v) is 4.49. The van der Waals surface area contributed by atoms with Crippen molar-refractivity contribution in [2.45, 2.75) is 44.7 Å². The molecule has 1 N–H and O–H groups in total. The first-order chi connectivity index (χ1) is 11.8. The first-order valence-corrected chi connectivity index (χ1v) is 8.35. The Kier molecular flexibility index (Phi) is 4.06. The van der Waals surface area contributed by atoms with E-state index < -0.39 is 0 Å². The van der Waals surface area contributed by atoms with Gasteiger partial charge in [0, 0.05) is 6.04 Å². The fourth-order valence-corrected chi connectivity index (χ4v) is 3.21. The topological polar surface area (TPSA) is 68.5 Å². The summed E-state index contributed by atoms with van der Waals surface area (Å²) in [7, 11) is 0. The number of nitrogens with one attached hydrogen (secondary N) is 1. The maximum absolute atomic E-state index is 13.0. The molecule has 24 heavy (non-hydrogen) atoms. The lowest BCUT2D eigenvalue weighted by molar-refractivity contribution is 0.462. The number of fused-ring (bicyclic) bond motifs is 1. The zero-order valence-electron chi connectivity index (χ0n) is 13.3. The second-order valence-corrected chi connectivity index (χ2v) is 6.25. The van der Waals surface area contributed by atoms with Crippen LogP contribution in [-0.2, 0) is 6.54 Å². The number of benzene rings is 1. The van der Waals surface area contributed by atoms with E-state index in [-0.39, 0.29) is 5.82 Å². The van der Waals surface area contributed by atoms with E-state index in [1.165, 1.54) is 37.7 Å². The van der Waals surface area contributed by atoms with Gasteiger partial charge in [0.25, 0.3) is 0 Å². The fourth-order valence-electron chi connectivity index (χ4n) is 3.21. The van der Waals surface area contributed by atoms with Gasteiger partial charge in [0.15, 0.2) is 17.0 Å². The van der Waals surface area contributed by atoms with Crippen molar-refractivity contribution in [2.75, 3.05) is 5.32 Å². The highest BCUT2D eigenvalue weighted by Crippen LogP contribution is 2.23. The van der Waals surface area contributed by atoms with Gasteiger partial charge in [-0.3, -0.25) is 0 Å². The monoisotopic (exact) mass is 326 g/mol. The summed E-state index contributed by atoms with van der Waals surface area (Å²) >= 11 is 0. The van der Waals surface area contributed by atoms with Crippen LogP contribution in [0.15, 0.2) is 30.6 Å². The van der Waals surface area contributed by atoms with Gasteiger partial charge in [0.2, 0.25) is 0 Å². The summed E-state index contributed by atoms with van der Waals surface area (Å²) in [6.07, 6.45) is 7.68. The second-order valence-electron chi connectivity index (χ2n) is 6.25. The summed E-state index contributed by atoms with van der Waals surface area (Å²) in [6, 6.07) is 6.81. The molecule has 2 aromatic heterocycles. The number of nitrogens with zero attached hydrogens (tertiary/aromatic N) is 5. The van der Waals surface area contributed by atoms with E-state index in [1.807, 2.05) is 0 Å². The van der Waals surface area contributed by atoms with Crippen LogP contribution in [0.1, 0.15) is 37.7 Å². The summed E-state index contributed by atoms with van der Waals surface area (Å²) < 4.78 is 14.7. The van der Waals surface area contributed by atoms with Crippen molar-refractivity contribution in [1.82, 2.24) is 25.0 Å². The lowest BCUT2D eigenvalue weighted by Crippen LogP contribution is -2.23. The zero-order valence-corrected chi connectivity index (χ0v) is 13.3. The number of halogens is 1. The Morgan fingerprint density at radius 1 is 1.08 bits per heavy atom. The molecule has 0 atom stereocenters. The summed E-state index contributed by atoms with van der Waals surface area (Å²) in [4.78, 5) is 8.67. The summed E-state index contributed by atoms with van der Waals surface area (Å²) in [5, 5.41) is 11.9. The third kappa shape index (κ3) is 3.06. The van der Waals surface area contributed by atoms with Crippen LogP contribution in [-0.4, -0.2) is 31.0 Å². The maximum Gasteiger partial charge on any atom is 0.184 e. The number of rotatable bonds is 4. The fraction of sp³-hybridized carbons (Fsp3) is 0.412. The van der Waals surface area contributed by atoms with Crippen molar-refractivity contribution in [2.24, 2.45) is 0 Å². The molecule has 124 valence electrons. The highest BCUT2D eigenvalue weighted by atomic mass is 19.1. The molecule has 1 aliphatic carbocycles. The molecule has 3 aromatic rings. The number of aromatic nitrogens is 5. The van der Waals surface area contributed by atoms with Crippen LogP contribution in [0.25, 0.3) is 11.2 Å². The van der Waals surface area contributed by atoms with Gasteiger partial charge < -0.3 is 5.32 Å². The van der Waals surface area contributed by atoms with Gasteiger partial charge >= 0.3 is 0 Å². The van der Waals surface area contributed by atoms with Crippen molar-refractivity contribution in [3.8, 4) is 0 Å². The first-order valence-electron chi connectivity index (χ1n) is 8.35. The largest absolute Gasteiger partial charge is 0.365 e. The number of hydrogen-bond donors (Lipinski definition) is 1. The standard InChI is InChI=1S/C17H19FN6/c18-13-8-6-12(7-9-13)10-24-17-15(22-23-24)16(19-11-20-17)21-14-4-2-1-3-5-14/h6-9,11,14H,1-5,10H2,(H,19,20,21). The lowest BCUT2D eigenvalue weighted by atomic mass is 9.95. The summed E-state index contributed by atoms with van der Waals surface area (Å²) in [5.74, 6) is 0.501. The molecule has 1 aliphatic rings. The van der Waals surface area contributed by atoms with Gasteiger partial charge in [0.1, 0.15) is 12.1 Å². The van der Waals surface area contributed by atoms with E-state index in [9.17, 15) is 4.39 Å². The Balaban J connectivity index is 1.59. The van der Waals surface area contributed by atoms with Gasteiger partial charge in [-0.05, 0) is 30.5 Å². The minimum atomic E-state index is -0.247. The molecule has 0 aliphatic heterocycles. The maximum atomic E-state index is 13.0. The molecule has 0 saturated heterocycles. The molecular weight excluding hydrogens is 307 g/mol. The highest BCUT2D eigenvalue weighted by molar-refractivity contribution is 5.82. The second kappa shape index (κ2) is 6.51. The molecule has 0 spiro atoms. The SMILES string of the molecule is Fc1ccc(Cn2nnc3c(NC4CCCCC4)ncnc32)cc1. The normalized spacial score (nSPS) is 15.7. The van der Waals surface area contributed by atoms with Gasteiger partial charge in [0.05, 0.1) is 6.54 Å². The molecule has 1 saturated carbocycles. The molecular formula is C17H19FN6. The Morgan fingerprint density at radius 3 is 2.67 bits per heavy atom. The van der Waals surface area contributed by atoms with Crippen LogP contribution in [0, 0.1) is 5.82 Å². The van der Waals surface area contributed by atoms with E-state index in [1.54, 1.807) is 16.8 Å². The van der Waals surface area contributed by atoms with Gasteiger partial charge in [-0.1, -0.05) is 36.6 Å². The smallest absolute Gasteiger partial charge is 0.184 e. The number of anilines is 1. The van der Waals surface area contributed by atoms with Crippen LogP contribution >= 0.6 is 0 Å². The van der Waals surface area contributed by atoms with Crippen LogP contribution in [0.5, 0.6) is 0 Å². The number of hydrogen-bond acceptors (Lipinski definition) is 5. The molecule has 2 heterocycles. The Labute approximate surface area is 139 Å².